The van der Waals surface area contributed by atoms with E-state index in [1.807, 2.05) is 6.07 Å². The number of hydrogen-bond acceptors (Lipinski definition) is 4. The molecule has 0 radical (unpaired) electrons. The third-order valence-electron chi connectivity index (χ3n) is 2.51. The molecule has 4 N–H and O–H groups in total. The molecule has 5 heteroatoms. The number of carbonyl (C=O) groups is 1. The average molecular weight is 253 g/mol. The first-order valence-corrected chi connectivity index (χ1v) is 5.48. The van der Waals surface area contributed by atoms with Crippen LogP contribution in [0.25, 0.3) is 0 Å². The van der Waals surface area contributed by atoms with Crippen molar-refractivity contribution < 1.29 is 9.53 Å². The molecule has 0 spiro atoms. The molecule has 0 aliphatic rings. The van der Waals surface area contributed by atoms with Crippen LogP contribution in [-0.4, -0.2) is 5.91 Å². The Bertz CT molecular complexity index is 657. The van der Waals surface area contributed by atoms with Crippen LogP contribution in [0.4, 0.5) is 5.69 Å². The van der Waals surface area contributed by atoms with Gasteiger partial charge >= 0.3 is 0 Å². The lowest BCUT2D eigenvalue weighted by Crippen LogP contribution is -2.13. The standard InChI is InChI=1S/C14H11N3O2/c15-8-9-4-6-10(7-5-9)19-13-11(14(17)18)2-1-3-12(13)16/h1-7H,16H2,(H2,17,18). The van der Waals surface area contributed by atoms with E-state index in [1.54, 1.807) is 36.4 Å². The predicted molar refractivity (Wildman–Crippen MR) is 70.6 cm³/mol. The number of nitriles is 1. The zero-order chi connectivity index (χ0) is 13.8. The SMILES string of the molecule is N#Cc1ccc(Oc2c(N)cccc2C(N)=O)cc1. The van der Waals surface area contributed by atoms with Gasteiger partial charge in [0.2, 0.25) is 0 Å². The predicted octanol–water partition coefficient (Wildman–Crippen LogP) is 2.03. The second-order valence-corrected chi connectivity index (χ2v) is 3.83. The first-order chi connectivity index (χ1) is 9.11. The quantitative estimate of drug-likeness (QED) is 0.817. The van der Waals surface area contributed by atoms with Crippen molar-refractivity contribution in [1.29, 1.82) is 5.26 Å². The Balaban J connectivity index is 2.37. The molecule has 5 nitrogen and oxygen atoms in total. The number of primary amides is 1. The summed E-state index contributed by atoms with van der Waals surface area (Å²) in [5.41, 5.74) is 12.1. The number of carbonyl (C=O) groups excluding carboxylic acids is 1. The summed E-state index contributed by atoms with van der Waals surface area (Å²) in [4.78, 5) is 11.3. The zero-order valence-corrected chi connectivity index (χ0v) is 9.96. The zero-order valence-electron chi connectivity index (χ0n) is 9.96. The highest BCUT2D eigenvalue weighted by atomic mass is 16.5. The maximum absolute atomic E-state index is 11.3. The fourth-order valence-corrected chi connectivity index (χ4v) is 1.58. The van der Waals surface area contributed by atoms with Gasteiger partial charge in [-0.3, -0.25) is 4.79 Å². The molecule has 2 aromatic carbocycles. The number of rotatable bonds is 3. The fraction of sp³-hybridized carbons (Fsp3) is 0. The highest BCUT2D eigenvalue weighted by Crippen LogP contribution is 2.31. The summed E-state index contributed by atoms with van der Waals surface area (Å²) < 4.78 is 5.57. The number of nitrogens with two attached hydrogens (primary N) is 2. The van der Waals surface area contributed by atoms with Crippen LogP contribution in [-0.2, 0) is 0 Å². The average Bonchev–Trinajstić information content (AvgIpc) is 2.41. The van der Waals surface area contributed by atoms with Crippen LogP contribution < -0.4 is 16.2 Å². The fourth-order valence-electron chi connectivity index (χ4n) is 1.58. The third-order valence-corrected chi connectivity index (χ3v) is 2.51. The summed E-state index contributed by atoms with van der Waals surface area (Å²) in [6.07, 6.45) is 0. The van der Waals surface area contributed by atoms with Gasteiger partial charge in [-0.05, 0) is 36.4 Å². The van der Waals surface area contributed by atoms with Gasteiger partial charge in [0.15, 0.2) is 5.75 Å². The van der Waals surface area contributed by atoms with Crippen LogP contribution in [0.1, 0.15) is 15.9 Å². The maximum atomic E-state index is 11.3. The van der Waals surface area contributed by atoms with Crippen molar-refractivity contribution in [3.63, 3.8) is 0 Å². The van der Waals surface area contributed by atoms with Gasteiger partial charge in [0.1, 0.15) is 5.75 Å². The Morgan fingerprint density at radius 3 is 2.42 bits per heavy atom. The van der Waals surface area contributed by atoms with E-state index in [-0.39, 0.29) is 11.3 Å². The monoisotopic (exact) mass is 253 g/mol. The van der Waals surface area contributed by atoms with Crippen LogP contribution in [0.3, 0.4) is 0 Å². The molecule has 0 heterocycles. The number of benzene rings is 2. The van der Waals surface area contributed by atoms with E-state index in [4.69, 9.17) is 21.5 Å². The van der Waals surface area contributed by atoms with Gasteiger partial charge in [-0.15, -0.1) is 0 Å². The number of para-hydroxylation sites is 1. The first-order valence-electron chi connectivity index (χ1n) is 5.48. The minimum absolute atomic E-state index is 0.212. The summed E-state index contributed by atoms with van der Waals surface area (Å²) in [6, 6.07) is 13.2. The second kappa shape index (κ2) is 5.10. The number of nitrogen functional groups attached to an aromatic ring is 1. The highest BCUT2D eigenvalue weighted by Gasteiger charge is 2.13. The van der Waals surface area contributed by atoms with Gasteiger partial charge in [0.25, 0.3) is 5.91 Å². The molecule has 0 unspecified atom stereocenters. The largest absolute Gasteiger partial charge is 0.454 e. The smallest absolute Gasteiger partial charge is 0.252 e. The Morgan fingerprint density at radius 1 is 1.16 bits per heavy atom. The molecule has 0 saturated heterocycles. The Labute approximate surface area is 110 Å². The topological polar surface area (TPSA) is 102 Å². The number of anilines is 1. The van der Waals surface area contributed by atoms with Crippen LogP contribution in [0, 0.1) is 11.3 Å². The molecule has 1 amide bonds. The molecule has 0 fully saturated rings. The maximum Gasteiger partial charge on any atom is 0.252 e. The molecule has 94 valence electrons. The van der Waals surface area contributed by atoms with Gasteiger partial charge in [0.05, 0.1) is 22.9 Å². The van der Waals surface area contributed by atoms with Crippen molar-refractivity contribution in [2.24, 2.45) is 5.73 Å². The van der Waals surface area contributed by atoms with Gasteiger partial charge in [0, 0.05) is 0 Å². The van der Waals surface area contributed by atoms with Crippen molar-refractivity contribution in [2.75, 3.05) is 5.73 Å². The normalized spacial score (nSPS) is 9.63. The molecule has 2 rings (SSSR count). The van der Waals surface area contributed by atoms with E-state index in [2.05, 4.69) is 0 Å². The van der Waals surface area contributed by atoms with Crippen molar-refractivity contribution >= 4 is 11.6 Å². The van der Waals surface area contributed by atoms with Gasteiger partial charge < -0.3 is 16.2 Å². The molecule has 2 aromatic rings. The van der Waals surface area contributed by atoms with E-state index in [9.17, 15) is 4.79 Å². The van der Waals surface area contributed by atoms with Crippen LogP contribution in [0.2, 0.25) is 0 Å². The molecule has 0 aromatic heterocycles. The van der Waals surface area contributed by atoms with Crippen molar-refractivity contribution in [2.45, 2.75) is 0 Å². The summed E-state index contributed by atoms with van der Waals surface area (Å²) in [7, 11) is 0. The molecule has 0 atom stereocenters. The van der Waals surface area contributed by atoms with Gasteiger partial charge in [-0.25, -0.2) is 0 Å². The Kier molecular flexibility index (Phi) is 3.35. The minimum Gasteiger partial charge on any atom is -0.454 e. The van der Waals surface area contributed by atoms with Crippen LogP contribution in [0.15, 0.2) is 42.5 Å². The van der Waals surface area contributed by atoms with Crippen LogP contribution in [0.5, 0.6) is 11.5 Å². The lowest BCUT2D eigenvalue weighted by atomic mass is 10.1. The number of ether oxygens (including phenoxy) is 1. The molecule has 0 aliphatic heterocycles. The summed E-state index contributed by atoms with van der Waals surface area (Å²) in [5, 5.41) is 8.71. The van der Waals surface area contributed by atoms with Crippen molar-refractivity contribution in [3.8, 4) is 17.6 Å². The highest BCUT2D eigenvalue weighted by molar-refractivity contribution is 5.97. The Hall–Kier alpha value is -3.00. The summed E-state index contributed by atoms with van der Waals surface area (Å²) >= 11 is 0. The van der Waals surface area contributed by atoms with Crippen LogP contribution >= 0.6 is 0 Å². The second-order valence-electron chi connectivity index (χ2n) is 3.83. The lowest BCUT2D eigenvalue weighted by Gasteiger charge is -2.11. The number of hydrogen-bond donors (Lipinski definition) is 2. The third kappa shape index (κ3) is 2.64. The number of nitrogens with zero attached hydrogens (tertiary/aromatic N) is 1. The molecule has 0 aliphatic carbocycles. The van der Waals surface area contributed by atoms with Crippen molar-refractivity contribution in [3.05, 3.63) is 53.6 Å². The molecular weight excluding hydrogens is 242 g/mol. The van der Waals surface area contributed by atoms with E-state index < -0.39 is 5.91 Å². The molecule has 19 heavy (non-hydrogen) atoms. The summed E-state index contributed by atoms with van der Waals surface area (Å²) in [5.74, 6) is 0.0788. The molecule has 0 saturated carbocycles. The molecule has 0 bridgehead atoms. The van der Waals surface area contributed by atoms with Crippen molar-refractivity contribution in [1.82, 2.24) is 0 Å². The van der Waals surface area contributed by atoms with E-state index in [1.165, 1.54) is 6.07 Å². The van der Waals surface area contributed by atoms with Gasteiger partial charge in [-0.2, -0.15) is 5.26 Å². The van der Waals surface area contributed by atoms with Gasteiger partial charge in [-0.1, -0.05) is 6.07 Å². The molecular formula is C14H11N3O2. The Morgan fingerprint density at radius 2 is 1.84 bits per heavy atom. The lowest BCUT2D eigenvalue weighted by molar-refractivity contribution is 0.0998. The minimum atomic E-state index is -0.615. The number of amides is 1. The van der Waals surface area contributed by atoms with E-state index >= 15 is 0 Å². The van der Waals surface area contributed by atoms with E-state index in [0.29, 0.717) is 17.0 Å². The van der Waals surface area contributed by atoms with E-state index in [0.717, 1.165) is 0 Å². The summed E-state index contributed by atoms with van der Waals surface area (Å²) in [6.45, 7) is 0. The first kappa shape index (κ1) is 12.5.